The lowest BCUT2D eigenvalue weighted by Crippen LogP contribution is -2.49. The number of carbonyl (C=O) groups excluding carboxylic acids is 1. The third-order valence-corrected chi connectivity index (χ3v) is 7.30. The average molecular weight is 475 g/mol. The predicted molar refractivity (Wildman–Crippen MR) is 125 cm³/mol. The second kappa shape index (κ2) is 9.21. The molecule has 1 aliphatic carbocycles. The number of benzene rings is 1. The van der Waals surface area contributed by atoms with E-state index in [9.17, 15) is 18.0 Å². The summed E-state index contributed by atoms with van der Waals surface area (Å²) in [6, 6.07) is 13.2. The molecule has 4 rings (SSSR count). The normalized spacial score (nSPS) is 21.1. The number of nitrogens with zero attached hydrogens (tertiary/aromatic N) is 2. The molecule has 1 fully saturated rings. The van der Waals surface area contributed by atoms with Crippen LogP contribution in [-0.2, 0) is 6.18 Å². The predicted octanol–water partition coefficient (Wildman–Crippen LogP) is 5.80. The zero-order valence-corrected chi connectivity index (χ0v) is 19.2. The van der Waals surface area contributed by atoms with Gasteiger partial charge in [0, 0.05) is 22.8 Å². The van der Waals surface area contributed by atoms with Crippen LogP contribution in [0.2, 0.25) is 0 Å². The van der Waals surface area contributed by atoms with Gasteiger partial charge in [0.1, 0.15) is 11.4 Å². The molecule has 0 aliphatic heterocycles. The van der Waals surface area contributed by atoms with E-state index >= 15 is 0 Å². The first kappa shape index (κ1) is 23.4. The minimum Gasteiger partial charge on any atom is -0.382 e. The molecule has 5 nitrogen and oxygen atoms in total. The van der Waals surface area contributed by atoms with Crippen LogP contribution in [0.1, 0.15) is 47.6 Å². The highest BCUT2D eigenvalue weighted by Gasteiger charge is 2.37. The fourth-order valence-corrected chi connectivity index (χ4v) is 5.05. The summed E-state index contributed by atoms with van der Waals surface area (Å²) in [7, 11) is 0. The number of aromatic nitrogens is 2. The summed E-state index contributed by atoms with van der Waals surface area (Å²) in [5.74, 6) is -0.214. The van der Waals surface area contributed by atoms with Crippen molar-refractivity contribution in [3.8, 4) is 0 Å². The number of alkyl halides is 3. The lowest BCUT2D eigenvalue weighted by molar-refractivity contribution is -0.140. The van der Waals surface area contributed by atoms with Crippen molar-refractivity contribution in [2.45, 2.75) is 49.7 Å². The second-order valence-electron chi connectivity index (χ2n) is 8.31. The van der Waals surface area contributed by atoms with Gasteiger partial charge in [-0.15, -0.1) is 11.8 Å². The molecule has 174 valence electrons. The van der Waals surface area contributed by atoms with Crippen molar-refractivity contribution in [2.24, 2.45) is 0 Å². The van der Waals surface area contributed by atoms with Crippen LogP contribution in [0, 0.1) is 6.92 Å². The Morgan fingerprint density at radius 1 is 1.09 bits per heavy atom. The van der Waals surface area contributed by atoms with E-state index in [-0.39, 0.29) is 11.9 Å². The number of pyridine rings is 2. The molecule has 0 bridgehead atoms. The topological polar surface area (TPSA) is 66.9 Å². The number of para-hydroxylation sites is 1. The zero-order chi connectivity index (χ0) is 23.6. The van der Waals surface area contributed by atoms with E-state index in [4.69, 9.17) is 0 Å². The number of fused-ring (bicyclic) bond motifs is 1. The lowest BCUT2D eigenvalue weighted by Gasteiger charge is -2.40. The van der Waals surface area contributed by atoms with Gasteiger partial charge in [0.25, 0.3) is 5.91 Å². The molecular formula is C24H25F3N4OS. The summed E-state index contributed by atoms with van der Waals surface area (Å²) in [5.41, 5.74) is 0.989. The van der Waals surface area contributed by atoms with Gasteiger partial charge in [-0.3, -0.25) is 4.79 Å². The molecule has 1 aliphatic rings. The fraction of sp³-hybridized carbons (Fsp3) is 0.375. The van der Waals surface area contributed by atoms with E-state index in [1.807, 2.05) is 19.2 Å². The number of halogens is 3. The molecule has 1 aromatic carbocycles. The monoisotopic (exact) mass is 474 g/mol. The van der Waals surface area contributed by atoms with E-state index in [0.29, 0.717) is 48.0 Å². The van der Waals surface area contributed by atoms with Crippen LogP contribution in [-0.4, -0.2) is 33.0 Å². The third-order valence-electron chi connectivity index (χ3n) is 6.01. The van der Waals surface area contributed by atoms with Gasteiger partial charge in [0.2, 0.25) is 0 Å². The number of thioether (sulfide) groups is 1. The third kappa shape index (κ3) is 5.24. The highest BCUT2D eigenvalue weighted by Crippen LogP contribution is 2.39. The molecule has 1 amide bonds. The van der Waals surface area contributed by atoms with E-state index in [1.54, 1.807) is 48.2 Å². The maximum absolute atomic E-state index is 13.4. The van der Waals surface area contributed by atoms with Crippen LogP contribution in [0.3, 0.4) is 0 Å². The maximum atomic E-state index is 13.4. The number of hydrogen-bond acceptors (Lipinski definition) is 5. The van der Waals surface area contributed by atoms with Crippen LogP contribution in [0.4, 0.5) is 18.9 Å². The first-order chi connectivity index (χ1) is 15.7. The summed E-state index contributed by atoms with van der Waals surface area (Å²) in [5, 5.41) is 7.12. The highest BCUT2D eigenvalue weighted by atomic mass is 32.2. The first-order valence-corrected chi connectivity index (χ1v) is 12.0. The largest absolute Gasteiger partial charge is 0.433 e. The Morgan fingerprint density at radius 3 is 2.48 bits per heavy atom. The van der Waals surface area contributed by atoms with Gasteiger partial charge in [-0.05, 0) is 63.1 Å². The van der Waals surface area contributed by atoms with Gasteiger partial charge in [0.15, 0.2) is 0 Å². The number of rotatable bonds is 5. The number of hydrogen-bond donors (Lipinski definition) is 2. The molecule has 33 heavy (non-hydrogen) atoms. The van der Waals surface area contributed by atoms with Crippen LogP contribution >= 0.6 is 11.8 Å². The molecule has 2 aromatic heterocycles. The van der Waals surface area contributed by atoms with E-state index in [2.05, 4.69) is 20.6 Å². The van der Waals surface area contributed by atoms with Crippen LogP contribution in [0.25, 0.3) is 10.9 Å². The Balaban J connectivity index is 1.49. The summed E-state index contributed by atoms with van der Waals surface area (Å²) in [4.78, 5) is 20.4. The Kier molecular flexibility index (Phi) is 6.52. The lowest BCUT2D eigenvalue weighted by atomic mass is 9.90. The average Bonchev–Trinajstić information content (AvgIpc) is 2.80. The Labute approximate surface area is 194 Å². The molecule has 3 aromatic rings. The van der Waals surface area contributed by atoms with Gasteiger partial charge in [0.05, 0.1) is 10.4 Å². The maximum Gasteiger partial charge on any atom is 0.433 e. The smallest absolute Gasteiger partial charge is 0.382 e. The number of carbonyl (C=O) groups is 1. The van der Waals surface area contributed by atoms with Crippen molar-refractivity contribution in [3.63, 3.8) is 0 Å². The van der Waals surface area contributed by atoms with Gasteiger partial charge >= 0.3 is 6.18 Å². The minimum atomic E-state index is -4.52. The van der Waals surface area contributed by atoms with Gasteiger partial charge < -0.3 is 10.6 Å². The second-order valence-corrected chi connectivity index (χ2v) is 9.50. The summed E-state index contributed by atoms with van der Waals surface area (Å²) in [6.45, 7) is 1.84. The number of anilines is 1. The van der Waals surface area contributed by atoms with Crippen molar-refractivity contribution in [2.75, 3.05) is 11.6 Å². The standard InChI is InChI=1S/C24H25F3N4OS/c1-15-6-5-9-19(28-15)22(32)31-23(33-2)12-10-16(11-13-23)29-20-14-21(24(25,26)27)30-18-8-4-3-7-17(18)20/h3-9,14,16H,10-13H2,1-2H3,(H,29,30)(H,31,32). The number of nitrogens with one attached hydrogen (secondary N) is 2. The molecule has 0 saturated heterocycles. The molecule has 2 N–H and O–H groups in total. The van der Waals surface area contributed by atoms with Gasteiger partial charge in [-0.1, -0.05) is 24.3 Å². The molecule has 0 atom stereocenters. The SMILES string of the molecule is CSC1(NC(=O)c2cccc(C)n2)CCC(Nc2cc(C(F)(F)F)nc3ccccc23)CC1. The number of aryl methyl sites for hydroxylation is 1. The van der Waals surface area contributed by atoms with Crippen molar-refractivity contribution in [3.05, 3.63) is 65.6 Å². The minimum absolute atomic E-state index is 0.00818. The molecule has 9 heteroatoms. The Bertz CT molecular complexity index is 1160. The summed E-state index contributed by atoms with van der Waals surface area (Å²) in [6.07, 6.45) is 0.247. The van der Waals surface area contributed by atoms with Gasteiger partial charge in [-0.25, -0.2) is 9.97 Å². The molecular weight excluding hydrogens is 449 g/mol. The molecule has 0 radical (unpaired) electrons. The molecule has 1 saturated carbocycles. The highest BCUT2D eigenvalue weighted by molar-refractivity contribution is 7.99. The molecule has 0 unspecified atom stereocenters. The van der Waals surface area contributed by atoms with Gasteiger partial charge in [-0.2, -0.15) is 13.2 Å². The van der Waals surface area contributed by atoms with Crippen LogP contribution in [0.15, 0.2) is 48.5 Å². The Hall–Kier alpha value is -2.81. The van der Waals surface area contributed by atoms with Crippen molar-refractivity contribution in [1.29, 1.82) is 0 Å². The van der Waals surface area contributed by atoms with Crippen LogP contribution < -0.4 is 10.6 Å². The quantitative estimate of drug-likeness (QED) is 0.458. The summed E-state index contributed by atoms with van der Waals surface area (Å²) < 4.78 is 40.1. The van der Waals surface area contributed by atoms with E-state index in [1.165, 1.54) is 0 Å². The summed E-state index contributed by atoms with van der Waals surface area (Å²) >= 11 is 1.59. The van der Waals surface area contributed by atoms with E-state index in [0.717, 1.165) is 11.8 Å². The van der Waals surface area contributed by atoms with E-state index < -0.39 is 16.7 Å². The number of amides is 1. The molecule has 0 spiro atoms. The van der Waals surface area contributed by atoms with Crippen molar-refractivity contribution < 1.29 is 18.0 Å². The molecule has 2 heterocycles. The van der Waals surface area contributed by atoms with Crippen LogP contribution in [0.5, 0.6) is 0 Å². The zero-order valence-electron chi connectivity index (χ0n) is 18.4. The van der Waals surface area contributed by atoms with Crippen molar-refractivity contribution >= 4 is 34.3 Å². The fourth-order valence-electron chi connectivity index (χ4n) is 4.21. The van der Waals surface area contributed by atoms with Crippen molar-refractivity contribution in [1.82, 2.24) is 15.3 Å². The Morgan fingerprint density at radius 2 is 1.82 bits per heavy atom. The first-order valence-electron chi connectivity index (χ1n) is 10.7.